The first-order valence-electron chi connectivity index (χ1n) is 9.54. The zero-order valence-corrected chi connectivity index (χ0v) is 16.3. The molecule has 0 atom stereocenters. The van der Waals surface area contributed by atoms with Gasteiger partial charge in [-0.25, -0.2) is 0 Å². The van der Waals surface area contributed by atoms with Crippen LogP contribution in [0.25, 0.3) is 0 Å². The monoisotopic (exact) mass is 396 g/mol. The minimum absolute atomic E-state index is 0.0968. The Bertz CT molecular complexity index is 862. The quantitative estimate of drug-likeness (QED) is 0.693. The van der Waals surface area contributed by atoms with E-state index in [1.165, 1.54) is 0 Å². The van der Waals surface area contributed by atoms with E-state index in [0.717, 1.165) is 23.4 Å². The number of anilines is 1. The second kappa shape index (κ2) is 9.73. The summed E-state index contributed by atoms with van der Waals surface area (Å²) in [6.07, 6.45) is 1.99. The fourth-order valence-corrected chi connectivity index (χ4v) is 3.09. The molecule has 0 saturated carbocycles. The third-order valence-corrected chi connectivity index (χ3v) is 4.72. The number of nitrogens with one attached hydrogen (secondary N) is 1. The molecule has 0 unspecified atom stereocenters. The molecule has 1 saturated heterocycles. The summed E-state index contributed by atoms with van der Waals surface area (Å²) in [6, 6.07) is 14.3. The minimum atomic E-state index is -0.494. The molecule has 2 aromatic rings. The van der Waals surface area contributed by atoms with Crippen molar-refractivity contribution in [1.82, 2.24) is 5.32 Å². The third kappa shape index (κ3) is 5.57. The maximum absolute atomic E-state index is 12.2. The van der Waals surface area contributed by atoms with Gasteiger partial charge in [-0.3, -0.25) is 14.4 Å². The SMILES string of the molecule is COc1ccc(CCOC(=O)CNC(=O)c2ccc(N3CCCC3=O)cc2)cc1. The highest BCUT2D eigenvalue weighted by molar-refractivity contribution is 5.98. The molecule has 1 N–H and O–H groups in total. The van der Waals surface area contributed by atoms with Gasteiger partial charge in [-0.15, -0.1) is 0 Å². The van der Waals surface area contributed by atoms with E-state index in [0.29, 0.717) is 24.9 Å². The number of hydrogen-bond acceptors (Lipinski definition) is 5. The molecule has 0 aromatic heterocycles. The van der Waals surface area contributed by atoms with Crippen LogP contribution in [0.1, 0.15) is 28.8 Å². The van der Waals surface area contributed by atoms with Gasteiger partial charge in [0.2, 0.25) is 5.91 Å². The molecule has 1 aliphatic rings. The van der Waals surface area contributed by atoms with Crippen LogP contribution in [-0.2, 0) is 20.7 Å². The predicted octanol–water partition coefficient (Wildman–Crippen LogP) is 2.34. The van der Waals surface area contributed by atoms with Crippen LogP contribution in [0.3, 0.4) is 0 Å². The average Bonchev–Trinajstić information content (AvgIpc) is 3.18. The summed E-state index contributed by atoms with van der Waals surface area (Å²) >= 11 is 0. The van der Waals surface area contributed by atoms with Crippen LogP contribution >= 0.6 is 0 Å². The Balaban J connectivity index is 1.40. The van der Waals surface area contributed by atoms with Crippen molar-refractivity contribution in [2.24, 2.45) is 0 Å². The molecule has 0 radical (unpaired) electrons. The molecule has 0 aliphatic carbocycles. The van der Waals surface area contributed by atoms with Crippen molar-refractivity contribution >= 4 is 23.5 Å². The summed E-state index contributed by atoms with van der Waals surface area (Å²) in [5.41, 5.74) is 2.23. The van der Waals surface area contributed by atoms with Crippen LogP contribution in [0, 0.1) is 0 Å². The number of amides is 2. The molecule has 1 fully saturated rings. The fraction of sp³-hybridized carbons (Fsp3) is 0.318. The molecule has 29 heavy (non-hydrogen) atoms. The van der Waals surface area contributed by atoms with Crippen molar-refractivity contribution in [2.75, 3.05) is 31.7 Å². The maximum atomic E-state index is 12.2. The number of carbonyl (C=O) groups is 3. The molecule has 0 bridgehead atoms. The molecule has 1 heterocycles. The van der Waals surface area contributed by atoms with Crippen LogP contribution in [0.15, 0.2) is 48.5 Å². The van der Waals surface area contributed by atoms with Crippen molar-refractivity contribution in [3.05, 3.63) is 59.7 Å². The van der Waals surface area contributed by atoms with Crippen molar-refractivity contribution in [3.8, 4) is 5.75 Å². The Hall–Kier alpha value is -3.35. The van der Waals surface area contributed by atoms with Crippen LogP contribution in [0.4, 0.5) is 5.69 Å². The molecular formula is C22H24N2O5. The van der Waals surface area contributed by atoms with Gasteiger partial charge >= 0.3 is 5.97 Å². The van der Waals surface area contributed by atoms with Gasteiger partial charge < -0.3 is 19.7 Å². The lowest BCUT2D eigenvalue weighted by atomic mass is 10.1. The van der Waals surface area contributed by atoms with Crippen molar-refractivity contribution in [1.29, 1.82) is 0 Å². The van der Waals surface area contributed by atoms with E-state index in [4.69, 9.17) is 9.47 Å². The molecule has 3 rings (SSSR count). The molecule has 2 aromatic carbocycles. The summed E-state index contributed by atoms with van der Waals surface area (Å²) in [5.74, 6) is 0.00987. The highest BCUT2D eigenvalue weighted by Crippen LogP contribution is 2.21. The lowest BCUT2D eigenvalue weighted by molar-refractivity contribution is -0.142. The Labute approximate surface area is 169 Å². The van der Waals surface area contributed by atoms with Gasteiger partial charge in [0.1, 0.15) is 12.3 Å². The number of benzene rings is 2. The van der Waals surface area contributed by atoms with E-state index >= 15 is 0 Å². The van der Waals surface area contributed by atoms with E-state index in [1.807, 2.05) is 24.3 Å². The fourth-order valence-electron chi connectivity index (χ4n) is 3.09. The first-order chi connectivity index (χ1) is 14.1. The van der Waals surface area contributed by atoms with Gasteiger partial charge in [0.15, 0.2) is 0 Å². The zero-order valence-electron chi connectivity index (χ0n) is 16.3. The van der Waals surface area contributed by atoms with Gasteiger partial charge in [-0.05, 0) is 48.4 Å². The van der Waals surface area contributed by atoms with Gasteiger partial charge in [-0.2, -0.15) is 0 Å². The number of esters is 1. The van der Waals surface area contributed by atoms with Gasteiger partial charge in [0.05, 0.1) is 13.7 Å². The smallest absolute Gasteiger partial charge is 0.325 e. The van der Waals surface area contributed by atoms with Crippen molar-refractivity contribution in [2.45, 2.75) is 19.3 Å². The van der Waals surface area contributed by atoms with E-state index < -0.39 is 5.97 Å². The molecule has 1 aliphatic heterocycles. The Morgan fingerprint density at radius 1 is 1.07 bits per heavy atom. The second-order valence-corrected chi connectivity index (χ2v) is 6.70. The van der Waals surface area contributed by atoms with E-state index in [1.54, 1.807) is 36.3 Å². The predicted molar refractivity (Wildman–Crippen MR) is 108 cm³/mol. The summed E-state index contributed by atoms with van der Waals surface area (Å²) in [7, 11) is 1.61. The second-order valence-electron chi connectivity index (χ2n) is 6.70. The number of carbonyl (C=O) groups excluding carboxylic acids is 3. The Kier molecular flexibility index (Phi) is 6.84. The summed E-state index contributed by atoms with van der Waals surface area (Å²) in [6.45, 7) is 0.736. The van der Waals surface area contributed by atoms with Gasteiger partial charge in [0.25, 0.3) is 5.91 Å². The largest absolute Gasteiger partial charge is 0.497 e. The Morgan fingerprint density at radius 2 is 1.79 bits per heavy atom. The molecule has 7 heteroatoms. The number of hydrogen-bond donors (Lipinski definition) is 1. The van der Waals surface area contributed by atoms with Crippen molar-refractivity contribution in [3.63, 3.8) is 0 Å². The molecule has 0 spiro atoms. The number of methoxy groups -OCH3 is 1. The number of nitrogens with zero attached hydrogens (tertiary/aromatic N) is 1. The first-order valence-corrected chi connectivity index (χ1v) is 9.54. The van der Waals surface area contributed by atoms with Gasteiger partial charge in [0, 0.05) is 30.6 Å². The standard InChI is InChI=1S/C22H24N2O5/c1-28-19-10-4-16(5-11-19)12-14-29-21(26)15-23-22(27)17-6-8-18(9-7-17)24-13-2-3-20(24)25/h4-11H,2-3,12-15H2,1H3,(H,23,27). The zero-order chi connectivity index (χ0) is 20.6. The lowest BCUT2D eigenvalue weighted by Crippen LogP contribution is -2.31. The van der Waals surface area contributed by atoms with Crippen LogP contribution in [0.2, 0.25) is 0 Å². The average molecular weight is 396 g/mol. The lowest BCUT2D eigenvalue weighted by Gasteiger charge is -2.15. The number of ether oxygens (including phenoxy) is 2. The molecule has 7 nitrogen and oxygen atoms in total. The molecular weight excluding hydrogens is 372 g/mol. The van der Waals surface area contributed by atoms with Crippen LogP contribution < -0.4 is 15.0 Å². The molecule has 2 amide bonds. The third-order valence-electron chi connectivity index (χ3n) is 4.72. The maximum Gasteiger partial charge on any atom is 0.325 e. The van der Waals surface area contributed by atoms with E-state index in [-0.39, 0.29) is 25.0 Å². The summed E-state index contributed by atoms with van der Waals surface area (Å²) < 4.78 is 10.3. The van der Waals surface area contributed by atoms with Crippen molar-refractivity contribution < 1.29 is 23.9 Å². The topological polar surface area (TPSA) is 84.9 Å². The highest BCUT2D eigenvalue weighted by Gasteiger charge is 2.21. The molecule has 152 valence electrons. The summed E-state index contributed by atoms with van der Waals surface area (Å²) in [5, 5.41) is 2.55. The Morgan fingerprint density at radius 3 is 2.41 bits per heavy atom. The minimum Gasteiger partial charge on any atom is -0.497 e. The van der Waals surface area contributed by atoms with E-state index in [2.05, 4.69) is 5.32 Å². The normalized spacial score (nSPS) is 13.3. The van der Waals surface area contributed by atoms with Crippen LogP contribution in [-0.4, -0.2) is 44.6 Å². The van der Waals surface area contributed by atoms with Crippen LogP contribution in [0.5, 0.6) is 5.75 Å². The highest BCUT2D eigenvalue weighted by atomic mass is 16.5. The van der Waals surface area contributed by atoms with Gasteiger partial charge in [-0.1, -0.05) is 12.1 Å². The first kappa shape index (κ1) is 20.4. The summed E-state index contributed by atoms with van der Waals surface area (Å²) in [4.78, 5) is 37.5. The van der Waals surface area contributed by atoms with E-state index in [9.17, 15) is 14.4 Å². The number of rotatable bonds is 8.